The Hall–Kier alpha value is -3.42. The van der Waals surface area contributed by atoms with E-state index >= 15 is 0 Å². The summed E-state index contributed by atoms with van der Waals surface area (Å²) in [6.07, 6.45) is 1.76. The molecule has 0 spiro atoms. The van der Waals surface area contributed by atoms with Gasteiger partial charge in [-0.3, -0.25) is 9.89 Å². The van der Waals surface area contributed by atoms with Crippen LogP contribution in [0.1, 0.15) is 34.1 Å². The summed E-state index contributed by atoms with van der Waals surface area (Å²) in [7, 11) is 0. The Morgan fingerprint density at radius 2 is 2.04 bits per heavy atom. The molecule has 8 heteroatoms. The Balaban J connectivity index is 1.88. The SMILES string of the molecule is O=C1C[C@@H](c2ccnn2-c2ccccc2)c2c(n[nH]c2C(=O)O)N1. The first kappa shape index (κ1) is 14.2. The highest BCUT2D eigenvalue weighted by Gasteiger charge is 2.35. The van der Waals surface area contributed by atoms with Gasteiger partial charge in [0.25, 0.3) is 0 Å². The van der Waals surface area contributed by atoms with Gasteiger partial charge in [-0.05, 0) is 18.2 Å². The van der Waals surface area contributed by atoms with E-state index in [0.717, 1.165) is 11.4 Å². The van der Waals surface area contributed by atoms with Crippen LogP contribution in [-0.2, 0) is 4.79 Å². The fourth-order valence-corrected chi connectivity index (χ4v) is 3.03. The molecule has 0 saturated carbocycles. The van der Waals surface area contributed by atoms with E-state index in [1.165, 1.54) is 0 Å². The molecule has 1 amide bonds. The largest absolute Gasteiger partial charge is 0.477 e. The van der Waals surface area contributed by atoms with Crippen molar-refractivity contribution in [1.82, 2.24) is 20.0 Å². The lowest BCUT2D eigenvalue weighted by Crippen LogP contribution is -2.25. The molecule has 4 rings (SSSR count). The van der Waals surface area contributed by atoms with E-state index in [-0.39, 0.29) is 23.8 Å². The first-order chi connectivity index (χ1) is 11.6. The molecule has 0 bridgehead atoms. The molecule has 3 heterocycles. The van der Waals surface area contributed by atoms with Gasteiger partial charge in [-0.2, -0.15) is 10.2 Å². The molecule has 0 aliphatic carbocycles. The predicted molar refractivity (Wildman–Crippen MR) is 84.2 cm³/mol. The molecular formula is C16H13N5O3. The van der Waals surface area contributed by atoms with E-state index < -0.39 is 11.9 Å². The van der Waals surface area contributed by atoms with E-state index in [4.69, 9.17) is 0 Å². The highest BCUT2D eigenvalue weighted by atomic mass is 16.4. The maximum Gasteiger partial charge on any atom is 0.354 e. The van der Waals surface area contributed by atoms with Gasteiger partial charge in [-0.15, -0.1) is 0 Å². The number of aromatic nitrogens is 4. The number of carboxylic acid groups (broad SMARTS) is 1. The van der Waals surface area contributed by atoms with Gasteiger partial charge >= 0.3 is 5.97 Å². The predicted octanol–water partition coefficient (Wildman–Crippen LogP) is 1.77. The first-order valence-corrected chi connectivity index (χ1v) is 7.36. The zero-order valence-electron chi connectivity index (χ0n) is 12.4. The first-order valence-electron chi connectivity index (χ1n) is 7.36. The molecule has 2 aromatic heterocycles. The number of benzene rings is 1. The van der Waals surface area contributed by atoms with Crippen molar-refractivity contribution >= 4 is 17.7 Å². The van der Waals surface area contributed by atoms with Gasteiger partial charge in [0.1, 0.15) is 5.69 Å². The van der Waals surface area contributed by atoms with Crippen LogP contribution in [0.5, 0.6) is 0 Å². The van der Waals surface area contributed by atoms with Crippen molar-refractivity contribution in [2.75, 3.05) is 5.32 Å². The highest BCUT2D eigenvalue weighted by molar-refractivity contribution is 5.98. The molecule has 1 aromatic carbocycles. The molecule has 0 fully saturated rings. The maximum absolute atomic E-state index is 12.0. The Kier molecular flexibility index (Phi) is 3.16. The van der Waals surface area contributed by atoms with Crippen LogP contribution in [0.25, 0.3) is 5.69 Å². The molecule has 1 aliphatic rings. The van der Waals surface area contributed by atoms with Crippen molar-refractivity contribution < 1.29 is 14.7 Å². The number of H-pyrrole nitrogens is 1. The standard InChI is InChI=1S/C16H13N5O3/c22-12-8-10(13-14(16(23)24)19-20-15(13)18-12)11-6-7-17-21(11)9-4-2-1-3-5-9/h1-7,10H,8H2,(H,23,24)(H2,18,19,20,22)/t10-/m0/s1. The summed E-state index contributed by atoms with van der Waals surface area (Å²) in [6, 6.07) is 11.3. The minimum absolute atomic E-state index is 0.0178. The zero-order chi connectivity index (χ0) is 16.7. The monoisotopic (exact) mass is 323 g/mol. The molecular weight excluding hydrogens is 310 g/mol. The van der Waals surface area contributed by atoms with Gasteiger partial charge in [0.05, 0.1) is 11.4 Å². The average Bonchev–Trinajstić information content (AvgIpc) is 3.21. The molecule has 0 radical (unpaired) electrons. The van der Waals surface area contributed by atoms with Crippen LogP contribution < -0.4 is 5.32 Å². The van der Waals surface area contributed by atoms with Crippen molar-refractivity contribution in [2.24, 2.45) is 0 Å². The lowest BCUT2D eigenvalue weighted by atomic mass is 9.89. The van der Waals surface area contributed by atoms with Crippen LogP contribution in [0.15, 0.2) is 42.6 Å². The number of para-hydroxylation sites is 1. The Labute approximate surface area is 136 Å². The number of aromatic amines is 1. The number of amides is 1. The van der Waals surface area contributed by atoms with Gasteiger partial charge in [-0.25, -0.2) is 9.48 Å². The molecule has 120 valence electrons. The lowest BCUT2D eigenvalue weighted by molar-refractivity contribution is -0.116. The Morgan fingerprint density at radius 3 is 2.79 bits per heavy atom. The number of fused-ring (bicyclic) bond motifs is 1. The summed E-state index contributed by atoms with van der Waals surface area (Å²) in [5.41, 5.74) is 2.03. The van der Waals surface area contributed by atoms with Gasteiger partial charge in [0, 0.05) is 24.1 Å². The number of carboxylic acids is 1. The maximum atomic E-state index is 12.0. The van der Waals surface area contributed by atoms with E-state index in [2.05, 4.69) is 20.6 Å². The number of anilines is 1. The molecule has 8 nitrogen and oxygen atoms in total. The van der Waals surface area contributed by atoms with Crippen molar-refractivity contribution in [2.45, 2.75) is 12.3 Å². The van der Waals surface area contributed by atoms with Crippen LogP contribution in [0, 0.1) is 0 Å². The van der Waals surface area contributed by atoms with E-state index in [9.17, 15) is 14.7 Å². The number of carbonyl (C=O) groups is 2. The smallest absolute Gasteiger partial charge is 0.354 e. The third kappa shape index (κ3) is 2.16. The van der Waals surface area contributed by atoms with Crippen molar-refractivity contribution in [3.05, 3.63) is 59.5 Å². The summed E-state index contributed by atoms with van der Waals surface area (Å²) < 4.78 is 1.71. The van der Waals surface area contributed by atoms with Crippen molar-refractivity contribution in [3.63, 3.8) is 0 Å². The van der Waals surface area contributed by atoms with Gasteiger partial charge in [-0.1, -0.05) is 18.2 Å². The number of nitrogens with one attached hydrogen (secondary N) is 2. The fourth-order valence-electron chi connectivity index (χ4n) is 3.03. The third-order valence-corrected chi connectivity index (χ3v) is 4.04. The van der Waals surface area contributed by atoms with E-state index in [1.54, 1.807) is 16.9 Å². The minimum atomic E-state index is -1.12. The molecule has 3 aromatic rings. The molecule has 3 N–H and O–H groups in total. The van der Waals surface area contributed by atoms with Gasteiger partial charge < -0.3 is 10.4 Å². The number of aromatic carboxylic acids is 1. The average molecular weight is 323 g/mol. The fraction of sp³-hybridized carbons (Fsp3) is 0.125. The summed E-state index contributed by atoms with van der Waals surface area (Å²) in [5.74, 6) is -1.51. The number of hydrogen-bond donors (Lipinski definition) is 3. The van der Waals surface area contributed by atoms with Crippen molar-refractivity contribution in [3.8, 4) is 5.69 Å². The van der Waals surface area contributed by atoms with E-state index in [0.29, 0.717) is 5.56 Å². The second-order valence-electron chi connectivity index (χ2n) is 5.47. The molecule has 0 saturated heterocycles. The van der Waals surface area contributed by atoms with E-state index in [1.807, 2.05) is 30.3 Å². The number of rotatable bonds is 3. The van der Waals surface area contributed by atoms with Crippen LogP contribution in [0.4, 0.5) is 5.82 Å². The van der Waals surface area contributed by atoms with Crippen LogP contribution in [-0.4, -0.2) is 37.0 Å². The summed E-state index contributed by atoms with van der Waals surface area (Å²) >= 11 is 0. The third-order valence-electron chi connectivity index (χ3n) is 4.04. The molecule has 0 unspecified atom stereocenters. The lowest BCUT2D eigenvalue weighted by Gasteiger charge is -2.23. The van der Waals surface area contributed by atoms with Crippen LogP contribution in [0.3, 0.4) is 0 Å². The quantitative estimate of drug-likeness (QED) is 0.680. The minimum Gasteiger partial charge on any atom is -0.477 e. The molecule has 1 aliphatic heterocycles. The normalized spacial score (nSPS) is 16.5. The Bertz CT molecular complexity index is 928. The Morgan fingerprint density at radius 1 is 1.25 bits per heavy atom. The number of hydrogen-bond acceptors (Lipinski definition) is 4. The zero-order valence-corrected chi connectivity index (χ0v) is 12.4. The second kappa shape index (κ2) is 5.34. The summed E-state index contributed by atoms with van der Waals surface area (Å²) in [4.78, 5) is 23.5. The molecule has 1 atom stereocenters. The van der Waals surface area contributed by atoms with Crippen LogP contribution >= 0.6 is 0 Å². The summed E-state index contributed by atoms with van der Waals surface area (Å²) in [6.45, 7) is 0. The summed E-state index contributed by atoms with van der Waals surface area (Å²) in [5, 5.41) is 22.7. The van der Waals surface area contributed by atoms with Crippen molar-refractivity contribution in [1.29, 1.82) is 0 Å². The highest BCUT2D eigenvalue weighted by Crippen LogP contribution is 2.38. The van der Waals surface area contributed by atoms with Gasteiger partial charge in [0.15, 0.2) is 5.82 Å². The topological polar surface area (TPSA) is 113 Å². The second-order valence-corrected chi connectivity index (χ2v) is 5.47. The molecule has 24 heavy (non-hydrogen) atoms. The number of carbonyl (C=O) groups excluding carboxylic acids is 1. The number of nitrogens with zero attached hydrogens (tertiary/aromatic N) is 3. The van der Waals surface area contributed by atoms with Gasteiger partial charge in [0.2, 0.25) is 5.91 Å². The van der Waals surface area contributed by atoms with Crippen LogP contribution in [0.2, 0.25) is 0 Å².